The molecule has 1 aliphatic rings. The Balaban J connectivity index is 1.78. The number of hydrogen-bond acceptors (Lipinski definition) is 6. The first-order chi connectivity index (χ1) is 12.5. The number of nitrogens with zero attached hydrogens (tertiary/aromatic N) is 2. The number of nitrogens with one attached hydrogen (secondary N) is 2. The topological polar surface area (TPSA) is 92.3 Å². The van der Waals surface area contributed by atoms with E-state index in [0.717, 1.165) is 23.6 Å². The minimum Gasteiger partial charge on any atom is -0.497 e. The maximum Gasteiger partial charge on any atom is 0.191 e. The van der Waals surface area contributed by atoms with Crippen LogP contribution in [0.2, 0.25) is 0 Å². The second-order valence-electron chi connectivity index (χ2n) is 6.02. The number of sulfone groups is 1. The number of aliphatic imine (C=N–C) groups is 1. The molecule has 1 aromatic carbocycles. The lowest BCUT2D eigenvalue weighted by Crippen LogP contribution is -2.45. The van der Waals surface area contributed by atoms with Crippen LogP contribution in [0.25, 0.3) is 0 Å². The molecule has 2 N–H and O–H groups in total. The normalized spacial score (nSPS) is 17.6. The number of rotatable bonds is 7. The minimum atomic E-state index is -2.83. The highest BCUT2D eigenvalue weighted by atomic mass is 32.2. The largest absolute Gasteiger partial charge is 0.497 e. The number of hydrogen-bond donors (Lipinski definition) is 2. The van der Waals surface area contributed by atoms with Crippen molar-refractivity contribution >= 4 is 15.8 Å². The van der Waals surface area contributed by atoms with Crippen LogP contribution in [-0.2, 0) is 16.4 Å². The van der Waals surface area contributed by atoms with E-state index in [0.29, 0.717) is 32.1 Å². The predicted octanol–water partition coefficient (Wildman–Crippen LogP) is 0.0992. The van der Waals surface area contributed by atoms with Gasteiger partial charge in [0.25, 0.3) is 0 Å². The third-order valence-electron chi connectivity index (χ3n) is 4.32. The fraction of sp³-hybridized carbons (Fsp3) is 0.588. The molecular formula is C17H28N4O4S. The lowest BCUT2D eigenvalue weighted by Gasteiger charge is -2.26. The average Bonchev–Trinajstić information content (AvgIpc) is 2.65. The second-order valence-corrected chi connectivity index (χ2v) is 8.33. The molecule has 9 heteroatoms. The quantitative estimate of drug-likeness (QED) is 0.509. The maximum absolute atomic E-state index is 11.4. The average molecular weight is 385 g/mol. The third-order valence-corrected chi connectivity index (χ3v) is 5.93. The van der Waals surface area contributed by atoms with Gasteiger partial charge in [0.05, 0.1) is 25.7 Å². The smallest absolute Gasteiger partial charge is 0.191 e. The lowest BCUT2D eigenvalue weighted by atomic mass is 10.2. The number of ether oxygens (including phenoxy) is 2. The summed E-state index contributed by atoms with van der Waals surface area (Å²) in [6.07, 6.45) is 0. The molecule has 0 aromatic heterocycles. The van der Waals surface area contributed by atoms with Gasteiger partial charge in [-0.25, -0.2) is 8.42 Å². The van der Waals surface area contributed by atoms with E-state index in [9.17, 15) is 8.42 Å². The Labute approximate surface area is 155 Å². The zero-order chi connectivity index (χ0) is 19.0. The summed E-state index contributed by atoms with van der Waals surface area (Å²) in [7, 11) is 2.14. The van der Waals surface area contributed by atoms with Crippen LogP contribution < -0.4 is 20.1 Å². The highest BCUT2D eigenvalue weighted by Crippen LogP contribution is 2.24. The van der Waals surface area contributed by atoms with E-state index < -0.39 is 9.84 Å². The van der Waals surface area contributed by atoms with E-state index >= 15 is 0 Å². The summed E-state index contributed by atoms with van der Waals surface area (Å²) in [4.78, 5) is 6.36. The molecule has 0 aliphatic carbocycles. The molecule has 1 aliphatic heterocycles. The summed E-state index contributed by atoms with van der Waals surface area (Å²) in [5.41, 5.74) is 0.998. The molecule has 1 saturated heterocycles. The van der Waals surface area contributed by atoms with Crippen molar-refractivity contribution in [3.05, 3.63) is 23.8 Å². The summed E-state index contributed by atoms with van der Waals surface area (Å²) in [6.45, 7) is 3.23. The van der Waals surface area contributed by atoms with E-state index in [1.807, 2.05) is 18.2 Å². The van der Waals surface area contributed by atoms with Crippen molar-refractivity contribution in [1.29, 1.82) is 0 Å². The first-order valence-corrected chi connectivity index (χ1v) is 10.4. The van der Waals surface area contributed by atoms with Gasteiger partial charge in [-0.1, -0.05) is 0 Å². The zero-order valence-corrected chi connectivity index (χ0v) is 16.4. The van der Waals surface area contributed by atoms with Crippen molar-refractivity contribution in [2.75, 3.05) is 59.0 Å². The molecule has 1 fully saturated rings. The SMILES string of the molecule is CN=C(NCCN1CCS(=O)(=O)CC1)NCc1ccc(OC)cc1OC. The lowest BCUT2D eigenvalue weighted by molar-refractivity contribution is 0.299. The van der Waals surface area contributed by atoms with Crippen LogP contribution in [0.1, 0.15) is 5.56 Å². The number of guanidine groups is 1. The van der Waals surface area contributed by atoms with Gasteiger partial charge in [0.1, 0.15) is 11.5 Å². The van der Waals surface area contributed by atoms with Crippen molar-refractivity contribution in [3.8, 4) is 11.5 Å². The van der Waals surface area contributed by atoms with Gasteiger partial charge in [0, 0.05) is 51.4 Å². The van der Waals surface area contributed by atoms with E-state index in [4.69, 9.17) is 9.47 Å². The highest BCUT2D eigenvalue weighted by Gasteiger charge is 2.20. The highest BCUT2D eigenvalue weighted by molar-refractivity contribution is 7.91. The fourth-order valence-corrected chi connectivity index (χ4v) is 3.98. The molecule has 0 unspecified atom stereocenters. The van der Waals surface area contributed by atoms with Crippen LogP contribution in [0.3, 0.4) is 0 Å². The summed E-state index contributed by atoms with van der Waals surface area (Å²) in [5, 5.41) is 6.50. The molecule has 0 amide bonds. The molecule has 146 valence electrons. The predicted molar refractivity (Wildman–Crippen MR) is 103 cm³/mol. The molecule has 1 heterocycles. The Morgan fingerprint density at radius 1 is 1.19 bits per heavy atom. The first kappa shape index (κ1) is 20.3. The van der Waals surface area contributed by atoms with Gasteiger partial charge in [-0.05, 0) is 12.1 Å². The minimum absolute atomic E-state index is 0.247. The van der Waals surface area contributed by atoms with Gasteiger partial charge in [-0.15, -0.1) is 0 Å². The summed E-state index contributed by atoms with van der Waals surface area (Å²) >= 11 is 0. The van der Waals surface area contributed by atoms with Gasteiger partial charge in [-0.3, -0.25) is 9.89 Å². The van der Waals surface area contributed by atoms with Crippen LogP contribution in [0.15, 0.2) is 23.2 Å². The fourth-order valence-electron chi connectivity index (χ4n) is 2.70. The van der Waals surface area contributed by atoms with E-state index in [-0.39, 0.29) is 11.5 Å². The second kappa shape index (κ2) is 9.63. The molecule has 0 saturated carbocycles. The molecule has 0 atom stereocenters. The van der Waals surface area contributed by atoms with Crippen molar-refractivity contribution < 1.29 is 17.9 Å². The van der Waals surface area contributed by atoms with Gasteiger partial charge in [0.15, 0.2) is 15.8 Å². The van der Waals surface area contributed by atoms with Crippen molar-refractivity contribution in [1.82, 2.24) is 15.5 Å². The Morgan fingerprint density at radius 2 is 1.92 bits per heavy atom. The Kier molecular flexibility index (Phi) is 7.52. The van der Waals surface area contributed by atoms with E-state index in [1.165, 1.54) is 0 Å². The van der Waals surface area contributed by atoms with Crippen LogP contribution in [0.5, 0.6) is 11.5 Å². The van der Waals surface area contributed by atoms with Crippen LogP contribution in [0.4, 0.5) is 0 Å². The molecule has 1 aromatic rings. The van der Waals surface area contributed by atoms with Crippen LogP contribution in [0, 0.1) is 0 Å². The third kappa shape index (κ3) is 6.06. The number of benzene rings is 1. The monoisotopic (exact) mass is 384 g/mol. The summed E-state index contributed by atoms with van der Waals surface area (Å²) in [5.74, 6) is 2.68. The molecule has 0 bridgehead atoms. The maximum atomic E-state index is 11.4. The van der Waals surface area contributed by atoms with Gasteiger partial charge < -0.3 is 20.1 Å². The molecule has 0 radical (unpaired) electrons. The molecule has 8 nitrogen and oxygen atoms in total. The summed E-state index contributed by atoms with van der Waals surface area (Å²) in [6, 6.07) is 5.68. The van der Waals surface area contributed by atoms with Crippen molar-refractivity contribution in [2.45, 2.75) is 6.54 Å². The Morgan fingerprint density at radius 3 is 2.54 bits per heavy atom. The standard InChI is InChI=1S/C17H28N4O4S/c1-18-17(19-6-7-21-8-10-26(22,23)11-9-21)20-13-14-4-5-15(24-2)12-16(14)25-3/h4-5,12H,6-11,13H2,1-3H3,(H2,18,19,20). The first-order valence-electron chi connectivity index (χ1n) is 8.55. The van der Waals surface area contributed by atoms with Crippen LogP contribution >= 0.6 is 0 Å². The van der Waals surface area contributed by atoms with Gasteiger partial charge >= 0.3 is 0 Å². The van der Waals surface area contributed by atoms with Gasteiger partial charge in [-0.2, -0.15) is 0 Å². The summed E-state index contributed by atoms with van der Waals surface area (Å²) < 4.78 is 33.5. The van der Waals surface area contributed by atoms with Crippen molar-refractivity contribution in [3.63, 3.8) is 0 Å². The zero-order valence-electron chi connectivity index (χ0n) is 15.6. The van der Waals surface area contributed by atoms with E-state index in [2.05, 4.69) is 20.5 Å². The Hall–Kier alpha value is -2.00. The molecular weight excluding hydrogens is 356 g/mol. The van der Waals surface area contributed by atoms with Crippen molar-refractivity contribution in [2.24, 2.45) is 4.99 Å². The van der Waals surface area contributed by atoms with E-state index in [1.54, 1.807) is 21.3 Å². The Bertz CT molecular complexity index is 707. The van der Waals surface area contributed by atoms with Crippen LogP contribution in [-0.4, -0.2) is 78.2 Å². The molecule has 26 heavy (non-hydrogen) atoms. The van der Waals surface area contributed by atoms with Gasteiger partial charge in [0.2, 0.25) is 0 Å². The molecule has 2 rings (SSSR count). The molecule has 0 spiro atoms. The number of methoxy groups -OCH3 is 2.